The largest absolute Gasteiger partial charge is 0.313 e. The van der Waals surface area contributed by atoms with Crippen molar-refractivity contribution in [3.8, 4) is 0 Å². The second kappa shape index (κ2) is 7.07. The third-order valence-corrected chi connectivity index (χ3v) is 6.65. The number of benzene rings is 1. The van der Waals surface area contributed by atoms with Crippen LogP contribution in [0.25, 0.3) is 0 Å². The summed E-state index contributed by atoms with van der Waals surface area (Å²) in [5.74, 6) is -0.215. The number of rotatable bonds is 5. The number of nitrogens with one attached hydrogen (secondary N) is 1. The van der Waals surface area contributed by atoms with E-state index in [4.69, 9.17) is 11.6 Å². The molecule has 1 N–H and O–H groups in total. The molecule has 6 heteroatoms. The van der Waals surface area contributed by atoms with Crippen molar-refractivity contribution >= 4 is 21.4 Å². The molecular formula is C15H21ClFNO2S. The van der Waals surface area contributed by atoms with Crippen LogP contribution in [0.2, 0.25) is 5.02 Å². The topological polar surface area (TPSA) is 46.2 Å². The Balaban J connectivity index is 2.25. The lowest BCUT2D eigenvalue weighted by molar-refractivity contribution is 0.435. The van der Waals surface area contributed by atoms with Gasteiger partial charge in [0.1, 0.15) is 5.82 Å². The second-order valence-electron chi connectivity index (χ2n) is 5.48. The SMILES string of the molecule is CCNC(Cc1cccc(Cl)c1F)C1CCCCS1(=O)=O. The van der Waals surface area contributed by atoms with E-state index in [1.165, 1.54) is 6.07 Å². The summed E-state index contributed by atoms with van der Waals surface area (Å²) in [6, 6.07) is 4.59. The van der Waals surface area contributed by atoms with E-state index < -0.39 is 20.9 Å². The van der Waals surface area contributed by atoms with Crippen molar-refractivity contribution < 1.29 is 12.8 Å². The molecular weight excluding hydrogens is 313 g/mol. The van der Waals surface area contributed by atoms with Crippen molar-refractivity contribution in [3.63, 3.8) is 0 Å². The molecule has 1 aliphatic heterocycles. The normalized spacial score (nSPS) is 22.9. The lowest BCUT2D eigenvalue weighted by Gasteiger charge is -2.31. The monoisotopic (exact) mass is 333 g/mol. The molecule has 0 bridgehead atoms. The first-order valence-electron chi connectivity index (χ1n) is 7.33. The summed E-state index contributed by atoms with van der Waals surface area (Å²) in [7, 11) is -3.11. The van der Waals surface area contributed by atoms with Crippen molar-refractivity contribution in [1.29, 1.82) is 0 Å². The van der Waals surface area contributed by atoms with Gasteiger partial charge in [0.05, 0.1) is 16.0 Å². The number of hydrogen-bond acceptors (Lipinski definition) is 3. The maximum atomic E-state index is 14.1. The maximum Gasteiger partial charge on any atom is 0.154 e. The number of likely N-dealkylation sites (N-methyl/N-ethyl adjacent to an activating group) is 1. The average Bonchev–Trinajstić information content (AvgIpc) is 2.43. The van der Waals surface area contributed by atoms with Gasteiger partial charge >= 0.3 is 0 Å². The molecule has 21 heavy (non-hydrogen) atoms. The molecule has 1 aromatic rings. The van der Waals surface area contributed by atoms with E-state index in [1.807, 2.05) is 6.92 Å². The quantitative estimate of drug-likeness (QED) is 0.901. The third kappa shape index (κ3) is 3.96. The molecule has 2 unspecified atom stereocenters. The van der Waals surface area contributed by atoms with Crippen LogP contribution in [0.3, 0.4) is 0 Å². The molecule has 0 spiro atoms. The molecule has 3 nitrogen and oxygen atoms in total. The molecule has 0 radical (unpaired) electrons. The van der Waals surface area contributed by atoms with Crippen LogP contribution >= 0.6 is 11.6 Å². The Morgan fingerprint density at radius 3 is 2.86 bits per heavy atom. The van der Waals surface area contributed by atoms with Crippen molar-refractivity contribution in [3.05, 3.63) is 34.6 Å². The fraction of sp³-hybridized carbons (Fsp3) is 0.600. The lowest BCUT2D eigenvalue weighted by Crippen LogP contribution is -2.48. The highest BCUT2D eigenvalue weighted by molar-refractivity contribution is 7.92. The van der Waals surface area contributed by atoms with Crippen molar-refractivity contribution in [2.45, 2.75) is 43.9 Å². The van der Waals surface area contributed by atoms with Crippen LogP contribution in [-0.2, 0) is 16.3 Å². The molecule has 118 valence electrons. The number of sulfone groups is 1. The molecule has 0 aliphatic carbocycles. The van der Waals surface area contributed by atoms with Crippen LogP contribution < -0.4 is 5.32 Å². The Labute approximate surface area is 130 Å². The zero-order valence-corrected chi connectivity index (χ0v) is 13.7. The summed E-state index contributed by atoms with van der Waals surface area (Å²) in [5.41, 5.74) is 0.467. The highest BCUT2D eigenvalue weighted by atomic mass is 35.5. The van der Waals surface area contributed by atoms with Gasteiger partial charge in [0.2, 0.25) is 0 Å². The van der Waals surface area contributed by atoms with Gasteiger partial charge in [0.25, 0.3) is 0 Å². The summed E-state index contributed by atoms with van der Waals surface area (Å²) < 4.78 is 38.6. The van der Waals surface area contributed by atoms with E-state index in [1.54, 1.807) is 12.1 Å². The average molecular weight is 334 g/mol. The zero-order chi connectivity index (χ0) is 15.5. The molecule has 2 rings (SSSR count). The summed E-state index contributed by atoms with van der Waals surface area (Å²) in [5, 5.41) is 2.85. The first-order valence-corrected chi connectivity index (χ1v) is 9.43. The second-order valence-corrected chi connectivity index (χ2v) is 8.23. The maximum absolute atomic E-state index is 14.1. The van der Waals surface area contributed by atoms with Crippen LogP contribution in [0, 0.1) is 5.82 Å². The van der Waals surface area contributed by atoms with E-state index in [9.17, 15) is 12.8 Å². The highest BCUT2D eigenvalue weighted by Gasteiger charge is 2.35. The Kier molecular flexibility index (Phi) is 5.63. The van der Waals surface area contributed by atoms with E-state index >= 15 is 0 Å². The summed E-state index contributed by atoms with van der Waals surface area (Å²) in [6.45, 7) is 2.58. The van der Waals surface area contributed by atoms with Gasteiger partial charge in [-0.3, -0.25) is 0 Å². The Hall–Kier alpha value is -0.650. The molecule has 1 heterocycles. The van der Waals surface area contributed by atoms with Crippen LogP contribution in [0.4, 0.5) is 4.39 Å². The third-order valence-electron chi connectivity index (χ3n) is 4.02. The summed E-state index contributed by atoms with van der Waals surface area (Å²) >= 11 is 5.80. The van der Waals surface area contributed by atoms with Gasteiger partial charge in [-0.2, -0.15) is 0 Å². The van der Waals surface area contributed by atoms with Crippen LogP contribution in [0.1, 0.15) is 31.7 Å². The number of hydrogen-bond donors (Lipinski definition) is 1. The van der Waals surface area contributed by atoms with Gasteiger partial charge in [0, 0.05) is 6.04 Å². The van der Waals surface area contributed by atoms with Gasteiger partial charge in [-0.05, 0) is 37.4 Å². The summed E-state index contributed by atoms with van der Waals surface area (Å²) in [4.78, 5) is 0. The smallest absolute Gasteiger partial charge is 0.154 e. The number of halogens is 2. The molecule has 1 aliphatic rings. The Morgan fingerprint density at radius 2 is 2.19 bits per heavy atom. The first-order chi connectivity index (χ1) is 9.95. The first kappa shape index (κ1) is 16.7. The molecule has 0 amide bonds. The fourth-order valence-electron chi connectivity index (χ4n) is 2.97. The van der Waals surface area contributed by atoms with Crippen molar-refractivity contribution in [1.82, 2.24) is 5.32 Å². The van der Waals surface area contributed by atoms with E-state index in [0.717, 1.165) is 12.8 Å². The predicted octanol–water partition coefficient (Wildman–Crippen LogP) is 2.97. The minimum Gasteiger partial charge on any atom is -0.313 e. The Bertz CT molecular complexity index is 591. The van der Waals surface area contributed by atoms with Crippen molar-refractivity contribution in [2.24, 2.45) is 0 Å². The van der Waals surface area contributed by atoms with Crippen LogP contribution in [0.15, 0.2) is 18.2 Å². The van der Waals surface area contributed by atoms with Gasteiger partial charge < -0.3 is 5.32 Å². The van der Waals surface area contributed by atoms with E-state index in [0.29, 0.717) is 24.9 Å². The van der Waals surface area contributed by atoms with Crippen LogP contribution in [-0.4, -0.2) is 32.0 Å². The highest BCUT2D eigenvalue weighted by Crippen LogP contribution is 2.26. The van der Waals surface area contributed by atoms with Crippen LogP contribution in [0.5, 0.6) is 0 Å². The lowest BCUT2D eigenvalue weighted by atomic mass is 9.99. The zero-order valence-electron chi connectivity index (χ0n) is 12.1. The van der Waals surface area contributed by atoms with E-state index in [2.05, 4.69) is 5.32 Å². The molecule has 0 aromatic heterocycles. The molecule has 2 atom stereocenters. The Morgan fingerprint density at radius 1 is 1.43 bits per heavy atom. The molecule has 1 aromatic carbocycles. The van der Waals surface area contributed by atoms with E-state index in [-0.39, 0.29) is 16.8 Å². The standard InChI is InChI=1S/C15H21ClFNO2S/c1-2-18-13(14-8-3-4-9-21(14,19)20)10-11-6-5-7-12(16)15(11)17/h5-7,13-14,18H,2-4,8-10H2,1H3. The van der Waals surface area contributed by atoms with Gasteiger partial charge in [0.15, 0.2) is 9.84 Å². The molecule has 0 saturated carbocycles. The molecule has 1 saturated heterocycles. The predicted molar refractivity (Wildman–Crippen MR) is 84.0 cm³/mol. The van der Waals surface area contributed by atoms with Gasteiger partial charge in [-0.1, -0.05) is 37.1 Å². The van der Waals surface area contributed by atoms with Gasteiger partial charge in [-0.25, -0.2) is 12.8 Å². The summed E-state index contributed by atoms with van der Waals surface area (Å²) in [6.07, 6.45) is 2.61. The van der Waals surface area contributed by atoms with Crippen molar-refractivity contribution in [2.75, 3.05) is 12.3 Å². The fourth-order valence-corrected chi connectivity index (χ4v) is 5.29. The molecule has 1 fully saturated rings. The van der Waals surface area contributed by atoms with Gasteiger partial charge in [-0.15, -0.1) is 0 Å². The minimum absolute atomic E-state index is 0.0780. The minimum atomic E-state index is -3.11.